The van der Waals surface area contributed by atoms with Crippen LogP contribution in [0.3, 0.4) is 0 Å². The van der Waals surface area contributed by atoms with E-state index in [4.69, 9.17) is 0 Å². The second-order valence-corrected chi connectivity index (χ2v) is 5.24. The Morgan fingerprint density at radius 3 is 2.89 bits per heavy atom. The maximum absolute atomic E-state index is 12.3. The summed E-state index contributed by atoms with van der Waals surface area (Å²) >= 11 is 0. The fraction of sp³-hybridized carbons (Fsp3) is 0.533. The molecular formula is C15H20N2O. The van der Waals surface area contributed by atoms with Gasteiger partial charge in [0.25, 0.3) is 0 Å². The zero-order valence-corrected chi connectivity index (χ0v) is 10.7. The summed E-state index contributed by atoms with van der Waals surface area (Å²) in [6.45, 7) is 2.91. The Hall–Kier alpha value is -1.51. The highest BCUT2D eigenvalue weighted by atomic mass is 16.2. The maximum atomic E-state index is 12.3. The fourth-order valence-corrected chi connectivity index (χ4v) is 3.00. The third kappa shape index (κ3) is 2.22. The van der Waals surface area contributed by atoms with Gasteiger partial charge in [-0.3, -0.25) is 4.79 Å². The molecule has 0 unspecified atom stereocenters. The molecular weight excluding hydrogens is 224 g/mol. The van der Waals surface area contributed by atoms with Crippen LogP contribution in [0.2, 0.25) is 0 Å². The van der Waals surface area contributed by atoms with Crippen LogP contribution >= 0.6 is 0 Å². The van der Waals surface area contributed by atoms with Gasteiger partial charge in [-0.15, -0.1) is 0 Å². The molecule has 1 aromatic rings. The highest BCUT2D eigenvalue weighted by Crippen LogP contribution is 2.26. The van der Waals surface area contributed by atoms with Crippen molar-refractivity contribution in [2.75, 3.05) is 25.0 Å². The SMILES string of the molecule is O=C(Cc1cccc2c1CCN2)N1CCCCC1. The summed E-state index contributed by atoms with van der Waals surface area (Å²) in [7, 11) is 0. The van der Waals surface area contributed by atoms with Gasteiger partial charge in [-0.1, -0.05) is 12.1 Å². The van der Waals surface area contributed by atoms with Crippen molar-refractivity contribution in [3.05, 3.63) is 29.3 Å². The second-order valence-electron chi connectivity index (χ2n) is 5.24. The molecule has 0 bridgehead atoms. The predicted molar refractivity (Wildman–Crippen MR) is 72.8 cm³/mol. The predicted octanol–water partition coefficient (Wildman–Crippen LogP) is 2.21. The van der Waals surface area contributed by atoms with E-state index in [-0.39, 0.29) is 0 Å². The van der Waals surface area contributed by atoms with Crippen LogP contribution in [0.4, 0.5) is 5.69 Å². The smallest absolute Gasteiger partial charge is 0.227 e. The molecule has 3 rings (SSSR count). The number of hydrogen-bond donors (Lipinski definition) is 1. The number of anilines is 1. The van der Waals surface area contributed by atoms with Crippen molar-refractivity contribution in [3.8, 4) is 0 Å². The molecule has 1 N–H and O–H groups in total. The molecule has 3 heteroatoms. The molecule has 2 aliphatic rings. The van der Waals surface area contributed by atoms with Crippen LogP contribution in [0.15, 0.2) is 18.2 Å². The minimum Gasteiger partial charge on any atom is -0.384 e. The van der Waals surface area contributed by atoms with E-state index in [1.54, 1.807) is 0 Å². The molecule has 1 saturated heterocycles. The van der Waals surface area contributed by atoms with E-state index in [9.17, 15) is 4.79 Å². The average Bonchev–Trinajstić information content (AvgIpc) is 2.89. The fourth-order valence-electron chi connectivity index (χ4n) is 3.00. The van der Waals surface area contributed by atoms with Gasteiger partial charge in [-0.25, -0.2) is 0 Å². The van der Waals surface area contributed by atoms with E-state index >= 15 is 0 Å². The molecule has 2 heterocycles. The molecule has 0 atom stereocenters. The van der Waals surface area contributed by atoms with Crippen molar-refractivity contribution in [3.63, 3.8) is 0 Å². The van der Waals surface area contributed by atoms with Gasteiger partial charge in [0.15, 0.2) is 0 Å². The number of benzene rings is 1. The summed E-state index contributed by atoms with van der Waals surface area (Å²) in [6.07, 6.45) is 5.23. The molecule has 96 valence electrons. The first-order valence-electron chi connectivity index (χ1n) is 6.97. The van der Waals surface area contributed by atoms with E-state index in [1.807, 2.05) is 4.90 Å². The molecule has 0 aromatic heterocycles. The normalized spacial score (nSPS) is 18.3. The topological polar surface area (TPSA) is 32.3 Å². The van der Waals surface area contributed by atoms with Crippen LogP contribution in [0.5, 0.6) is 0 Å². The van der Waals surface area contributed by atoms with E-state index in [2.05, 4.69) is 23.5 Å². The van der Waals surface area contributed by atoms with Gasteiger partial charge >= 0.3 is 0 Å². The van der Waals surface area contributed by atoms with Gasteiger partial charge < -0.3 is 10.2 Å². The van der Waals surface area contributed by atoms with E-state index in [0.717, 1.165) is 26.1 Å². The molecule has 2 aliphatic heterocycles. The summed E-state index contributed by atoms with van der Waals surface area (Å²) in [5, 5.41) is 3.37. The lowest BCUT2D eigenvalue weighted by Crippen LogP contribution is -2.36. The Bertz CT molecular complexity index is 450. The molecule has 1 amide bonds. The number of carbonyl (C=O) groups excluding carboxylic acids is 1. The monoisotopic (exact) mass is 244 g/mol. The van der Waals surface area contributed by atoms with Gasteiger partial charge in [0.1, 0.15) is 0 Å². The van der Waals surface area contributed by atoms with E-state index in [0.29, 0.717) is 12.3 Å². The number of nitrogens with one attached hydrogen (secondary N) is 1. The van der Waals surface area contributed by atoms with Crippen molar-refractivity contribution >= 4 is 11.6 Å². The van der Waals surface area contributed by atoms with E-state index in [1.165, 1.54) is 36.1 Å². The number of fused-ring (bicyclic) bond motifs is 1. The number of nitrogens with zero attached hydrogens (tertiary/aromatic N) is 1. The molecule has 0 saturated carbocycles. The van der Waals surface area contributed by atoms with Crippen LogP contribution < -0.4 is 5.32 Å². The average molecular weight is 244 g/mol. The summed E-state index contributed by atoms with van der Waals surface area (Å²) in [5.74, 6) is 0.301. The highest BCUT2D eigenvalue weighted by molar-refractivity contribution is 5.80. The number of carbonyl (C=O) groups is 1. The Kier molecular flexibility index (Phi) is 3.22. The first-order chi connectivity index (χ1) is 8.84. The minimum absolute atomic E-state index is 0.301. The molecule has 0 spiro atoms. The lowest BCUT2D eigenvalue weighted by molar-refractivity contribution is -0.131. The van der Waals surface area contributed by atoms with Crippen molar-refractivity contribution in [1.29, 1.82) is 0 Å². The van der Waals surface area contributed by atoms with Crippen molar-refractivity contribution in [2.45, 2.75) is 32.1 Å². The molecule has 0 radical (unpaired) electrons. The number of piperidine rings is 1. The zero-order chi connectivity index (χ0) is 12.4. The zero-order valence-electron chi connectivity index (χ0n) is 10.7. The summed E-state index contributed by atoms with van der Waals surface area (Å²) in [4.78, 5) is 14.3. The first kappa shape index (κ1) is 11.6. The van der Waals surface area contributed by atoms with Gasteiger partial charge in [-0.05, 0) is 42.9 Å². The largest absolute Gasteiger partial charge is 0.384 e. The third-order valence-electron chi connectivity index (χ3n) is 4.01. The lowest BCUT2D eigenvalue weighted by Gasteiger charge is -2.27. The highest BCUT2D eigenvalue weighted by Gasteiger charge is 2.20. The summed E-state index contributed by atoms with van der Waals surface area (Å²) in [5.41, 5.74) is 3.79. The maximum Gasteiger partial charge on any atom is 0.227 e. The number of rotatable bonds is 2. The van der Waals surface area contributed by atoms with Crippen LogP contribution in [0.1, 0.15) is 30.4 Å². The Balaban J connectivity index is 1.72. The standard InChI is InChI=1S/C15H20N2O/c18-15(17-9-2-1-3-10-17)11-12-5-4-6-14-13(12)7-8-16-14/h4-6,16H,1-3,7-11H2. The van der Waals surface area contributed by atoms with Crippen molar-refractivity contribution in [2.24, 2.45) is 0 Å². The van der Waals surface area contributed by atoms with Gasteiger partial charge in [0.05, 0.1) is 6.42 Å². The molecule has 3 nitrogen and oxygen atoms in total. The van der Waals surface area contributed by atoms with Crippen LogP contribution in [0, 0.1) is 0 Å². The minimum atomic E-state index is 0.301. The molecule has 1 aromatic carbocycles. The number of amides is 1. The Labute approximate surface area is 108 Å². The first-order valence-corrected chi connectivity index (χ1v) is 6.97. The van der Waals surface area contributed by atoms with Crippen LogP contribution in [-0.4, -0.2) is 30.4 Å². The molecule has 18 heavy (non-hydrogen) atoms. The van der Waals surface area contributed by atoms with Gasteiger partial charge in [0, 0.05) is 25.3 Å². The van der Waals surface area contributed by atoms with Gasteiger partial charge in [-0.2, -0.15) is 0 Å². The van der Waals surface area contributed by atoms with Crippen molar-refractivity contribution in [1.82, 2.24) is 4.90 Å². The Morgan fingerprint density at radius 2 is 2.06 bits per heavy atom. The van der Waals surface area contributed by atoms with Crippen LogP contribution in [0.25, 0.3) is 0 Å². The molecule has 1 fully saturated rings. The number of hydrogen-bond acceptors (Lipinski definition) is 2. The van der Waals surface area contributed by atoms with E-state index < -0.39 is 0 Å². The summed E-state index contributed by atoms with van der Waals surface area (Å²) < 4.78 is 0. The number of likely N-dealkylation sites (tertiary alicyclic amines) is 1. The van der Waals surface area contributed by atoms with Crippen LogP contribution in [-0.2, 0) is 17.6 Å². The van der Waals surface area contributed by atoms with Gasteiger partial charge in [0.2, 0.25) is 5.91 Å². The summed E-state index contributed by atoms with van der Waals surface area (Å²) in [6, 6.07) is 6.26. The quantitative estimate of drug-likeness (QED) is 0.865. The molecule has 0 aliphatic carbocycles. The lowest BCUT2D eigenvalue weighted by atomic mass is 10.0. The Morgan fingerprint density at radius 1 is 1.22 bits per heavy atom. The second kappa shape index (κ2) is 5.01. The van der Waals surface area contributed by atoms with Crippen molar-refractivity contribution < 1.29 is 4.79 Å². The third-order valence-corrected chi connectivity index (χ3v) is 4.01.